The van der Waals surface area contributed by atoms with E-state index in [1.54, 1.807) is 0 Å². The highest BCUT2D eigenvalue weighted by Gasteiger charge is 2.41. The molecule has 2 fully saturated rings. The van der Waals surface area contributed by atoms with Crippen LogP contribution >= 0.6 is 0 Å². The van der Waals surface area contributed by atoms with Crippen LogP contribution in [-0.4, -0.2) is 22.6 Å². The molecular weight excluding hydrogens is 238 g/mol. The van der Waals surface area contributed by atoms with E-state index >= 15 is 0 Å². The summed E-state index contributed by atoms with van der Waals surface area (Å²) in [5.74, 6) is 3.72. The Morgan fingerprint density at radius 1 is 1.21 bits per heavy atom. The first-order valence-corrected chi connectivity index (χ1v) is 7.41. The molecule has 3 rings (SSSR count). The van der Waals surface area contributed by atoms with Crippen molar-refractivity contribution in [2.45, 2.75) is 45.1 Å². The molecule has 5 heteroatoms. The van der Waals surface area contributed by atoms with E-state index in [1.807, 2.05) is 6.07 Å². The van der Waals surface area contributed by atoms with Crippen LogP contribution in [0.4, 0.5) is 17.6 Å². The van der Waals surface area contributed by atoms with Gasteiger partial charge in [0.05, 0.1) is 0 Å². The molecule has 4 N–H and O–H groups in total. The fourth-order valence-electron chi connectivity index (χ4n) is 2.59. The maximum atomic E-state index is 5.79. The first-order chi connectivity index (χ1) is 9.26. The molecule has 104 valence electrons. The maximum absolute atomic E-state index is 5.79. The lowest BCUT2D eigenvalue weighted by Gasteiger charge is -2.19. The highest BCUT2D eigenvalue weighted by Crippen LogP contribution is 2.45. The predicted molar refractivity (Wildman–Crippen MR) is 78.1 cm³/mol. The smallest absolute Gasteiger partial charge is 0.223 e. The number of hydrogen-bond donors (Lipinski definition) is 3. The van der Waals surface area contributed by atoms with Crippen LogP contribution in [0, 0.1) is 11.8 Å². The summed E-state index contributed by atoms with van der Waals surface area (Å²) in [6.45, 7) is 3.04. The molecule has 2 aliphatic carbocycles. The largest absolute Gasteiger partial charge is 0.370 e. The van der Waals surface area contributed by atoms with Gasteiger partial charge in [-0.2, -0.15) is 9.97 Å². The van der Waals surface area contributed by atoms with Crippen molar-refractivity contribution in [2.24, 2.45) is 11.8 Å². The van der Waals surface area contributed by atoms with E-state index in [1.165, 1.54) is 25.7 Å². The van der Waals surface area contributed by atoms with Gasteiger partial charge in [0.1, 0.15) is 11.6 Å². The summed E-state index contributed by atoms with van der Waals surface area (Å²) in [5.41, 5.74) is 5.79. The topological polar surface area (TPSA) is 75.9 Å². The van der Waals surface area contributed by atoms with Gasteiger partial charge in [-0.25, -0.2) is 0 Å². The molecule has 5 nitrogen and oxygen atoms in total. The molecule has 0 aromatic carbocycles. The lowest BCUT2D eigenvalue weighted by molar-refractivity contribution is 0.565. The van der Waals surface area contributed by atoms with Crippen molar-refractivity contribution >= 4 is 17.6 Å². The quantitative estimate of drug-likeness (QED) is 0.703. The molecule has 0 amide bonds. The van der Waals surface area contributed by atoms with Crippen LogP contribution in [0.2, 0.25) is 0 Å². The second kappa shape index (κ2) is 5.23. The Hall–Kier alpha value is -1.52. The third-order valence-electron chi connectivity index (χ3n) is 3.87. The minimum absolute atomic E-state index is 0.342. The Labute approximate surface area is 114 Å². The number of nitrogens with two attached hydrogens (primary N) is 1. The van der Waals surface area contributed by atoms with Crippen molar-refractivity contribution in [3.8, 4) is 0 Å². The molecule has 1 aromatic heterocycles. The van der Waals surface area contributed by atoms with Crippen molar-refractivity contribution in [2.75, 3.05) is 22.9 Å². The molecule has 19 heavy (non-hydrogen) atoms. The zero-order chi connectivity index (χ0) is 13.2. The third kappa shape index (κ3) is 3.28. The molecule has 0 aliphatic heterocycles. The van der Waals surface area contributed by atoms with Gasteiger partial charge in [0.15, 0.2) is 0 Å². The molecular formula is C14H23N5. The normalized spacial score (nSPS) is 18.6. The van der Waals surface area contributed by atoms with E-state index in [9.17, 15) is 0 Å². The minimum Gasteiger partial charge on any atom is -0.370 e. The molecule has 0 bridgehead atoms. The Balaban J connectivity index is 1.69. The third-order valence-corrected chi connectivity index (χ3v) is 3.87. The summed E-state index contributed by atoms with van der Waals surface area (Å²) in [5, 5.41) is 6.86. The van der Waals surface area contributed by atoms with Gasteiger partial charge in [0.2, 0.25) is 5.95 Å². The molecule has 0 spiro atoms. The molecule has 0 atom stereocenters. The summed E-state index contributed by atoms with van der Waals surface area (Å²) >= 11 is 0. The lowest BCUT2D eigenvalue weighted by Crippen LogP contribution is -2.25. The van der Waals surface area contributed by atoms with Crippen molar-refractivity contribution in [1.82, 2.24) is 9.97 Å². The van der Waals surface area contributed by atoms with Crippen LogP contribution in [0.5, 0.6) is 0 Å². The van der Waals surface area contributed by atoms with Crippen LogP contribution in [0.15, 0.2) is 6.07 Å². The summed E-state index contributed by atoms with van der Waals surface area (Å²) in [6, 6.07) is 2.57. The number of nitrogens with zero attached hydrogens (tertiary/aromatic N) is 2. The van der Waals surface area contributed by atoms with Crippen LogP contribution in [0.25, 0.3) is 0 Å². The Bertz CT molecular complexity index is 427. The SMILES string of the molecule is CCCNc1cc(NC(C2CC2)C2CC2)nc(N)n1. The van der Waals surface area contributed by atoms with Crippen LogP contribution in [-0.2, 0) is 0 Å². The van der Waals surface area contributed by atoms with Gasteiger partial charge >= 0.3 is 0 Å². The lowest BCUT2D eigenvalue weighted by atomic mass is 10.1. The Kier molecular flexibility index (Phi) is 3.44. The zero-order valence-corrected chi connectivity index (χ0v) is 11.5. The van der Waals surface area contributed by atoms with Gasteiger partial charge < -0.3 is 16.4 Å². The molecule has 2 saturated carbocycles. The van der Waals surface area contributed by atoms with Gasteiger partial charge in [-0.05, 0) is 43.9 Å². The second-order valence-electron chi connectivity index (χ2n) is 5.77. The fraction of sp³-hybridized carbons (Fsp3) is 0.714. The van der Waals surface area contributed by atoms with Gasteiger partial charge in [-0.3, -0.25) is 0 Å². The monoisotopic (exact) mass is 261 g/mol. The number of nitrogens with one attached hydrogen (secondary N) is 2. The minimum atomic E-state index is 0.342. The molecule has 2 aliphatic rings. The van der Waals surface area contributed by atoms with Crippen molar-refractivity contribution in [3.05, 3.63) is 6.07 Å². The molecule has 0 saturated heterocycles. The van der Waals surface area contributed by atoms with Gasteiger partial charge in [0.25, 0.3) is 0 Å². The summed E-state index contributed by atoms with van der Waals surface area (Å²) in [6.07, 6.45) is 6.50. The van der Waals surface area contributed by atoms with Crippen molar-refractivity contribution in [1.29, 1.82) is 0 Å². The average molecular weight is 261 g/mol. The predicted octanol–water partition coefficient (Wildman–Crippen LogP) is 2.48. The van der Waals surface area contributed by atoms with Crippen molar-refractivity contribution in [3.63, 3.8) is 0 Å². The van der Waals surface area contributed by atoms with Gasteiger partial charge in [-0.1, -0.05) is 6.92 Å². The van der Waals surface area contributed by atoms with Gasteiger partial charge in [-0.15, -0.1) is 0 Å². The Morgan fingerprint density at radius 2 is 1.84 bits per heavy atom. The average Bonchev–Trinajstić information content (AvgIpc) is 3.27. The number of anilines is 3. The maximum Gasteiger partial charge on any atom is 0.223 e. The van der Waals surface area contributed by atoms with E-state index in [2.05, 4.69) is 27.5 Å². The summed E-state index contributed by atoms with van der Waals surface area (Å²) in [4.78, 5) is 8.53. The van der Waals surface area contributed by atoms with Crippen LogP contribution in [0.3, 0.4) is 0 Å². The molecule has 0 radical (unpaired) electrons. The molecule has 1 heterocycles. The number of nitrogen functional groups attached to an aromatic ring is 1. The highest BCUT2D eigenvalue weighted by molar-refractivity contribution is 5.51. The Morgan fingerprint density at radius 3 is 2.42 bits per heavy atom. The van der Waals surface area contributed by atoms with Gasteiger partial charge in [0, 0.05) is 18.7 Å². The van der Waals surface area contributed by atoms with E-state index in [4.69, 9.17) is 5.73 Å². The molecule has 1 aromatic rings. The van der Waals surface area contributed by atoms with E-state index in [0.29, 0.717) is 12.0 Å². The van der Waals surface area contributed by atoms with E-state index in [0.717, 1.165) is 36.4 Å². The number of hydrogen-bond acceptors (Lipinski definition) is 5. The van der Waals surface area contributed by atoms with Crippen molar-refractivity contribution < 1.29 is 0 Å². The summed E-state index contributed by atoms with van der Waals surface area (Å²) < 4.78 is 0. The van der Waals surface area contributed by atoms with Crippen LogP contribution in [0.1, 0.15) is 39.0 Å². The first kappa shape index (κ1) is 12.5. The summed E-state index contributed by atoms with van der Waals surface area (Å²) in [7, 11) is 0. The van der Waals surface area contributed by atoms with Crippen LogP contribution < -0.4 is 16.4 Å². The second-order valence-corrected chi connectivity index (χ2v) is 5.77. The zero-order valence-electron chi connectivity index (χ0n) is 11.5. The fourth-order valence-corrected chi connectivity index (χ4v) is 2.59. The standard InChI is InChI=1S/C14H23N5/c1-2-7-16-11-8-12(19-14(15)18-11)17-13(9-3-4-9)10-5-6-10/h8-10,13H,2-7H2,1H3,(H4,15,16,17,18,19). The number of rotatable bonds is 7. The highest BCUT2D eigenvalue weighted by atomic mass is 15.1. The molecule has 0 unspecified atom stereocenters. The van der Waals surface area contributed by atoms with E-state index < -0.39 is 0 Å². The van der Waals surface area contributed by atoms with E-state index in [-0.39, 0.29) is 0 Å². The number of aromatic nitrogens is 2. The first-order valence-electron chi connectivity index (χ1n) is 7.41.